The summed E-state index contributed by atoms with van der Waals surface area (Å²) in [5, 5.41) is 6.38. The summed E-state index contributed by atoms with van der Waals surface area (Å²) in [5.74, 6) is 0.672. The molecule has 6 heteroatoms. The normalized spacial score (nSPS) is 11.0. The molecule has 4 nitrogen and oxygen atoms in total. The van der Waals surface area contributed by atoms with Crippen molar-refractivity contribution < 1.29 is 0 Å². The van der Waals surface area contributed by atoms with Gasteiger partial charge in [0.15, 0.2) is 5.82 Å². The van der Waals surface area contributed by atoms with Crippen molar-refractivity contribution in [2.24, 2.45) is 0 Å². The van der Waals surface area contributed by atoms with Crippen molar-refractivity contribution in [3.63, 3.8) is 0 Å². The first kappa shape index (κ1) is 14.2. The zero-order chi connectivity index (χ0) is 15.8. The van der Waals surface area contributed by atoms with E-state index in [4.69, 9.17) is 28.2 Å². The molecule has 0 saturated heterocycles. The molecule has 0 N–H and O–H groups in total. The van der Waals surface area contributed by atoms with Gasteiger partial charge in [0.2, 0.25) is 0 Å². The van der Waals surface area contributed by atoms with Gasteiger partial charge < -0.3 is 0 Å². The van der Waals surface area contributed by atoms with E-state index in [1.165, 1.54) is 6.33 Å². The van der Waals surface area contributed by atoms with Crippen LogP contribution in [0.3, 0.4) is 0 Å². The lowest BCUT2D eigenvalue weighted by molar-refractivity contribution is 0.853. The zero-order valence-electron chi connectivity index (χ0n) is 11.8. The maximum atomic E-state index is 6.39. The largest absolute Gasteiger partial charge is 0.228 e. The highest BCUT2D eigenvalue weighted by molar-refractivity contribution is 6.36. The van der Waals surface area contributed by atoms with E-state index in [-0.39, 0.29) is 0 Å². The van der Waals surface area contributed by atoms with Gasteiger partial charge in [0.05, 0.1) is 10.5 Å². The van der Waals surface area contributed by atoms with Crippen molar-refractivity contribution in [3.05, 3.63) is 71.2 Å². The quantitative estimate of drug-likeness (QED) is 0.527. The molecule has 2 aromatic carbocycles. The van der Waals surface area contributed by atoms with E-state index >= 15 is 0 Å². The number of para-hydroxylation sites is 1. The van der Waals surface area contributed by atoms with Crippen LogP contribution in [0.1, 0.15) is 0 Å². The van der Waals surface area contributed by atoms with Gasteiger partial charge in [-0.3, -0.25) is 0 Å². The molecule has 4 rings (SSSR count). The van der Waals surface area contributed by atoms with E-state index in [1.807, 2.05) is 36.4 Å². The minimum Gasteiger partial charge on any atom is -0.228 e. The molecule has 0 aliphatic rings. The smallest absolute Gasteiger partial charge is 0.163 e. The topological polar surface area (TPSA) is 43.6 Å². The molecule has 0 unspecified atom stereocenters. The van der Waals surface area contributed by atoms with E-state index in [9.17, 15) is 0 Å². The molecule has 4 aromatic rings. The Morgan fingerprint density at radius 3 is 2.57 bits per heavy atom. The monoisotopic (exact) mass is 340 g/mol. The van der Waals surface area contributed by atoms with Crippen molar-refractivity contribution in [3.8, 4) is 16.9 Å². The van der Waals surface area contributed by atoms with Gasteiger partial charge in [-0.05, 0) is 24.3 Å². The summed E-state index contributed by atoms with van der Waals surface area (Å²) in [6.07, 6.45) is 3.09. The van der Waals surface area contributed by atoms with Crippen LogP contribution in [0.2, 0.25) is 10.0 Å². The number of benzene rings is 2. The highest BCUT2D eigenvalue weighted by Gasteiger charge is 2.14. The van der Waals surface area contributed by atoms with Crippen LogP contribution in [-0.2, 0) is 0 Å². The first-order chi connectivity index (χ1) is 11.2. The second kappa shape index (κ2) is 5.65. The first-order valence-electron chi connectivity index (χ1n) is 6.92. The van der Waals surface area contributed by atoms with E-state index in [2.05, 4.69) is 16.1 Å². The van der Waals surface area contributed by atoms with Crippen LogP contribution in [0.4, 0.5) is 0 Å². The third-order valence-corrected chi connectivity index (χ3v) is 4.11. The van der Waals surface area contributed by atoms with Gasteiger partial charge in [0.25, 0.3) is 0 Å². The maximum Gasteiger partial charge on any atom is 0.163 e. The fraction of sp³-hybridized carbons (Fsp3) is 0. The fourth-order valence-electron chi connectivity index (χ4n) is 2.50. The molecule has 0 aliphatic heterocycles. The number of hydrogen-bond donors (Lipinski definition) is 0. The Morgan fingerprint density at radius 2 is 1.78 bits per heavy atom. The number of aromatic nitrogens is 4. The molecule has 0 amide bonds. The van der Waals surface area contributed by atoms with Gasteiger partial charge in [-0.15, -0.1) is 0 Å². The molecule has 0 bridgehead atoms. The number of halogens is 2. The Hall–Kier alpha value is -2.43. The lowest BCUT2D eigenvalue weighted by atomic mass is 10.0. The first-order valence-corrected chi connectivity index (χ1v) is 7.68. The molecule has 0 radical (unpaired) electrons. The molecular weight excluding hydrogens is 331 g/mol. The Kier molecular flexibility index (Phi) is 3.48. The third kappa shape index (κ3) is 2.56. The lowest BCUT2D eigenvalue weighted by Crippen LogP contribution is -2.02. The van der Waals surface area contributed by atoms with Crippen molar-refractivity contribution in [2.45, 2.75) is 0 Å². The van der Waals surface area contributed by atoms with Crippen LogP contribution in [0.5, 0.6) is 0 Å². The Bertz CT molecular complexity index is 997. The summed E-state index contributed by atoms with van der Waals surface area (Å²) in [6, 6.07) is 15.4. The Labute approximate surface area is 142 Å². The molecule has 0 saturated carbocycles. The summed E-state index contributed by atoms with van der Waals surface area (Å²) in [7, 11) is 0. The average Bonchev–Trinajstić information content (AvgIpc) is 3.08. The number of nitrogens with zero attached hydrogens (tertiary/aromatic N) is 4. The zero-order valence-corrected chi connectivity index (χ0v) is 13.3. The summed E-state index contributed by atoms with van der Waals surface area (Å²) >= 11 is 12.4. The second-order valence-electron chi connectivity index (χ2n) is 5.02. The number of pyridine rings is 1. The lowest BCUT2D eigenvalue weighted by Gasteiger charge is -2.12. The van der Waals surface area contributed by atoms with Crippen LogP contribution in [-0.4, -0.2) is 19.7 Å². The van der Waals surface area contributed by atoms with Gasteiger partial charge in [-0.1, -0.05) is 47.5 Å². The van der Waals surface area contributed by atoms with Crippen molar-refractivity contribution in [1.82, 2.24) is 19.7 Å². The molecule has 2 aromatic heterocycles. The fourth-order valence-corrected chi connectivity index (χ4v) is 3.01. The van der Waals surface area contributed by atoms with Gasteiger partial charge in [0.1, 0.15) is 12.7 Å². The number of hydrogen-bond acceptors (Lipinski definition) is 3. The SMILES string of the molecule is Clc1ccc(-c2cc3ccccc3nc2-n2cncn2)c(Cl)c1. The predicted octanol–water partition coefficient (Wildman–Crippen LogP) is 4.79. The van der Waals surface area contributed by atoms with Gasteiger partial charge in [-0.25, -0.2) is 14.6 Å². The molecule has 112 valence electrons. The molecule has 0 atom stereocenters. The molecule has 0 fully saturated rings. The van der Waals surface area contributed by atoms with Crippen LogP contribution in [0, 0.1) is 0 Å². The third-order valence-electron chi connectivity index (χ3n) is 3.56. The van der Waals surface area contributed by atoms with E-state index in [0.29, 0.717) is 15.9 Å². The van der Waals surface area contributed by atoms with Crippen LogP contribution >= 0.6 is 23.2 Å². The van der Waals surface area contributed by atoms with Crippen LogP contribution in [0.25, 0.3) is 27.8 Å². The highest BCUT2D eigenvalue weighted by Crippen LogP contribution is 2.34. The minimum atomic E-state index is 0.566. The average molecular weight is 341 g/mol. The summed E-state index contributed by atoms with van der Waals surface area (Å²) in [6.45, 7) is 0. The van der Waals surface area contributed by atoms with E-state index in [1.54, 1.807) is 17.1 Å². The van der Waals surface area contributed by atoms with Gasteiger partial charge in [0, 0.05) is 21.5 Å². The van der Waals surface area contributed by atoms with Crippen LogP contribution < -0.4 is 0 Å². The molecule has 2 heterocycles. The van der Waals surface area contributed by atoms with E-state index in [0.717, 1.165) is 22.0 Å². The summed E-state index contributed by atoms with van der Waals surface area (Å²) < 4.78 is 1.63. The molecule has 0 spiro atoms. The molecular formula is C17H10Cl2N4. The predicted molar refractivity (Wildman–Crippen MR) is 92.1 cm³/mol. The van der Waals surface area contributed by atoms with Crippen molar-refractivity contribution in [1.29, 1.82) is 0 Å². The van der Waals surface area contributed by atoms with Gasteiger partial charge >= 0.3 is 0 Å². The van der Waals surface area contributed by atoms with E-state index < -0.39 is 0 Å². The van der Waals surface area contributed by atoms with Crippen LogP contribution in [0.15, 0.2) is 61.2 Å². The van der Waals surface area contributed by atoms with Gasteiger partial charge in [-0.2, -0.15) is 5.10 Å². The number of rotatable bonds is 2. The molecule has 0 aliphatic carbocycles. The highest BCUT2D eigenvalue weighted by atomic mass is 35.5. The second-order valence-corrected chi connectivity index (χ2v) is 5.86. The van der Waals surface area contributed by atoms with Crippen molar-refractivity contribution in [2.75, 3.05) is 0 Å². The Morgan fingerprint density at radius 1 is 0.913 bits per heavy atom. The molecule has 23 heavy (non-hydrogen) atoms. The number of fused-ring (bicyclic) bond motifs is 1. The minimum absolute atomic E-state index is 0.566. The Balaban J connectivity index is 2.05. The standard InChI is InChI=1S/C17H10Cl2N4/c18-12-5-6-13(15(19)8-12)14-7-11-3-1-2-4-16(11)22-17(14)23-10-20-9-21-23/h1-10H. The van der Waals surface area contributed by atoms with Crippen molar-refractivity contribution >= 4 is 34.1 Å². The maximum absolute atomic E-state index is 6.39. The summed E-state index contributed by atoms with van der Waals surface area (Å²) in [5.41, 5.74) is 2.60. The summed E-state index contributed by atoms with van der Waals surface area (Å²) in [4.78, 5) is 8.73.